The van der Waals surface area contributed by atoms with Crippen LogP contribution in [-0.4, -0.2) is 12.1 Å². The first-order valence-corrected chi connectivity index (χ1v) is 3.77. The van der Waals surface area contributed by atoms with Crippen LogP contribution in [0.25, 0.3) is 0 Å². The molecule has 1 heterocycles. The van der Waals surface area contributed by atoms with E-state index in [0.29, 0.717) is 5.82 Å². The molecule has 10 heavy (non-hydrogen) atoms. The number of anilines is 1. The number of ether oxygens (including phenoxy) is 1. The van der Waals surface area contributed by atoms with Gasteiger partial charge in [-0.3, -0.25) is 0 Å². The maximum absolute atomic E-state index is 5.41. The van der Waals surface area contributed by atoms with E-state index in [1.54, 1.807) is 19.4 Å². The topological polar surface area (TPSA) is 48.1 Å². The number of methoxy groups -OCH3 is 1. The van der Waals surface area contributed by atoms with Crippen molar-refractivity contribution in [2.24, 2.45) is 0 Å². The highest BCUT2D eigenvalue weighted by Crippen LogP contribution is 2.20. The molecule has 0 aliphatic carbocycles. The molecule has 0 aliphatic rings. The average Bonchev–Trinajstić information content (AvgIpc) is 1.94. The van der Waals surface area contributed by atoms with Gasteiger partial charge in [0, 0.05) is 12.3 Å². The quantitative estimate of drug-likeness (QED) is 0.763. The second kappa shape index (κ2) is 3.05. The number of halogens is 1. The molecule has 0 bridgehead atoms. The molecule has 0 saturated heterocycles. The molecule has 1 rings (SSSR count). The van der Waals surface area contributed by atoms with Gasteiger partial charge in [-0.05, 0) is 22.6 Å². The van der Waals surface area contributed by atoms with Crippen LogP contribution in [-0.2, 0) is 0 Å². The molecule has 4 heteroatoms. The first-order valence-electron chi connectivity index (χ1n) is 2.69. The molecule has 0 aliphatic heterocycles. The van der Waals surface area contributed by atoms with Gasteiger partial charge >= 0.3 is 0 Å². The Morgan fingerprint density at radius 3 is 2.90 bits per heavy atom. The Kier molecular flexibility index (Phi) is 2.31. The van der Waals surface area contributed by atoms with E-state index in [0.717, 1.165) is 9.32 Å². The number of hydrogen-bond donors (Lipinski definition) is 1. The minimum absolute atomic E-state index is 0.484. The molecule has 0 radical (unpaired) electrons. The van der Waals surface area contributed by atoms with Gasteiger partial charge in [-0.2, -0.15) is 0 Å². The van der Waals surface area contributed by atoms with E-state index < -0.39 is 0 Å². The van der Waals surface area contributed by atoms with E-state index in [4.69, 9.17) is 10.5 Å². The molecule has 1 aromatic rings. The molecule has 0 aromatic carbocycles. The van der Waals surface area contributed by atoms with Crippen molar-refractivity contribution in [3.05, 3.63) is 15.8 Å². The van der Waals surface area contributed by atoms with Crippen LogP contribution in [0.3, 0.4) is 0 Å². The standard InChI is InChI=1S/C6H7IN2O/c1-10-5-2-6(8)9-3-4(5)7/h2-3H,1H3,(H2,8,9). The van der Waals surface area contributed by atoms with E-state index in [9.17, 15) is 0 Å². The maximum atomic E-state index is 5.41. The van der Waals surface area contributed by atoms with Gasteiger partial charge in [0.1, 0.15) is 11.6 Å². The zero-order valence-corrected chi connectivity index (χ0v) is 7.62. The Labute approximate surface area is 72.7 Å². The van der Waals surface area contributed by atoms with Gasteiger partial charge in [0.25, 0.3) is 0 Å². The van der Waals surface area contributed by atoms with E-state index in [1.807, 2.05) is 0 Å². The van der Waals surface area contributed by atoms with Crippen molar-refractivity contribution in [2.45, 2.75) is 0 Å². The fraction of sp³-hybridized carbons (Fsp3) is 0.167. The summed E-state index contributed by atoms with van der Waals surface area (Å²) < 4.78 is 5.97. The minimum Gasteiger partial charge on any atom is -0.495 e. The van der Waals surface area contributed by atoms with Crippen LogP contribution in [0.2, 0.25) is 0 Å². The van der Waals surface area contributed by atoms with Crippen LogP contribution in [0.4, 0.5) is 5.82 Å². The first kappa shape index (κ1) is 7.59. The summed E-state index contributed by atoms with van der Waals surface area (Å²) in [6.07, 6.45) is 1.68. The lowest BCUT2D eigenvalue weighted by Gasteiger charge is -2.01. The zero-order chi connectivity index (χ0) is 7.56. The Morgan fingerprint density at radius 2 is 2.40 bits per heavy atom. The summed E-state index contributed by atoms with van der Waals surface area (Å²) in [5, 5.41) is 0. The third kappa shape index (κ3) is 1.50. The molecule has 0 fully saturated rings. The Morgan fingerprint density at radius 1 is 1.70 bits per heavy atom. The number of aromatic nitrogens is 1. The Bertz CT molecular complexity index is 239. The summed E-state index contributed by atoms with van der Waals surface area (Å²) in [4.78, 5) is 3.88. The zero-order valence-electron chi connectivity index (χ0n) is 5.47. The van der Waals surface area contributed by atoms with Crippen LogP contribution < -0.4 is 10.5 Å². The number of nitrogen functional groups attached to an aromatic ring is 1. The van der Waals surface area contributed by atoms with Crippen LogP contribution in [0.1, 0.15) is 0 Å². The average molecular weight is 250 g/mol. The molecule has 0 spiro atoms. The predicted octanol–water partition coefficient (Wildman–Crippen LogP) is 1.28. The van der Waals surface area contributed by atoms with Crippen molar-refractivity contribution in [2.75, 3.05) is 12.8 Å². The highest BCUT2D eigenvalue weighted by atomic mass is 127. The fourth-order valence-electron chi connectivity index (χ4n) is 0.592. The molecule has 54 valence electrons. The van der Waals surface area contributed by atoms with Crippen molar-refractivity contribution in [1.82, 2.24) is 4.98 Å². The van der Waals surface area contributed by atoms with Gasteiger partial charge in [-0.1, -0.05) is 0 Å². The lowest BCUT2D eigenvalue weighted by molar-refractivity contribution is 0.411. The molecule has 0 amide bonds. The van der Waals surface area contributed by atoms with Crippen LogP contribution in [0.5, 0.6) is 5.75 Å². The number of nitrogens with two attached hydrogens (primary N) is 1. The van der Waals surface area contributed by atoms with Crippen molar-refractivity contribution in [3.8, 4) is 5.75 Å². The van der Waals surface area contributed by atoms with Crippen molar-refractivity contribution in [1.29, 1.82) is 0 Å². The molecule has 0 saturated carbocycles. The molecule has 1 aromatic heterocycles. The Balaban J connectivity index is 3.09. The minimum atomic E-state index is 0.484. The Hall–Kier alpha value is -0.520. The third-order valence-electron chi connectivity index (χ3n) is 1.06. The first-order chi connectivity index (χ1) is 4.74. The number of hydrogen-bond acceptors (Lipinski definition) is 3. The van der Waals surface area contributed by atoms with Gasteiger partial charge < -0.3 is 10.5 Å². The second-order valence-corrected chi connectivity index (χ2v) is 2.91. The number of rotatable bonds is 1. The molecule has 0 unspecified atom stereocenters. The number of pyridine rings is 1. The second-order valence-electron chi connectivity index (χ2n) is 1.74. The van der Waals surface area contributed by atoms with Crippen LogP contribution in [0, 0.1) is 3.57 Å². The van der Waals surface area contributed by atoms with Gasteiger partial charge in [-0.25, -0.2) is 4.98 Å². The SMILES string of the molecule is COc1cc(N)ncc1I. The maximum Gasteiger partial charge on any atom is 0.137 e. The van der Waals surface area contributed by atoms with Crippen LogP contribution >= 0.6 is 22.6 Å². The molecular weight excluding hydrogens is 243 g/mol. The highest BCUT2D eigenvalue weighted by Gasteiger charge is 1.98. The highest BCUT2D eigenvalue weighted by molar-refractivity contribution is 14.1. The molecular formula is C6H7IN2O. The third-order valence-corrected chi connectivity index (χ3v) is 1.87. The summed E-state index contributed by atoms with van der Waals surface area (Å²) in [6.45, 7) is 0. The fourth-order valence-corrected chi connectivity index (χ4v) is 1.11. The summed E-state index contributed by atoms with van der Waals surface area (Å²) in [6, 6.07) is 1.70. The van der Waals surface area contributed by atoms with E-state index >= 15 is 0 Å². The summed E-state index contributed by atoms with van der Waals surface area (Å²) >= 11 is 2.13. The largest absolute Gasteiger partial charge is 0.495 e. The number of nitrogens with zero attached hydrogens (tertiary/aromatic N) is 1. The van der Waals surface area contributed by atoms with Crippen LogP contribution in [0.15, 0.2) is 12.3 Å². The van der Waals surface area contributed by atoms with Crippen molar-refractivity contribution in [3.63, 3.8) is 0 Å². The predicted molar refractivity (Wildman–Crippen MR) is 47.9 cm³/mol. The summed E-state index contributed by atoms with van der Waals surface area (Å²) in [7, 11) is 1.61. The normalized spacial score (nSPS) is 9.40. The van der Waals surface area contributed by atoms with E-state index in [2.05, 4.69) is 27.6 Å². The van der Waals surface area contributed by atoms with Gasteiger partial charge in [0.15, 0.2) is 0 Å². The summed E-state index contributed by atoms with van der Waals surface area (Å²) in [5.74, 6) is 1.25. The molecule has 3 nitrogen and oxygen atoms in total. The summed E-state index contributed by atoms with van der Waals surface area (Å²) in [5.41, 5.74) is 5.41. The van der Waals surface area contributed by atoms with Crippen molar-refractivity contribution >= 4 is 28.4 Å². The lowest BCUT2D eigenvalue weighted by atomic mass is 10.4. The van der Waals surface area contributed by atoms with E-state index in [1.165, 1.54) is 0 Å². The monoisotopic (exact) mass is 250 g/mol. The van der Waals surface area contributed by atoms with Gasteiger partial charge in [-0.15, -0.1) is 0 Å². The van der Waals surface area contributed by atoms with Crippen molar-refractivity contribution < 1.29 is 4.74 Å². The molecule has 2 N–H and O–H groups in total. The van der Waals surface area contributed by atoms with Gasteiger partial charge in [0.2, 0.25) is 0 Å². The molecule has 0 atom stereocenters. The van der Waals surface area contributed by atoms with Gasteiger partial charge in [0.05, 0.1) is 10.7 Å². The smallest absolute Gasteiger partial charge is 0.137 e. The lowest BCUT2D eigenvalue weighted by Crippen LogP contribution is -1.93. The van der Waals surface area contributed by atoms with E-state index in [-0.39, 0.29) is 0 Å².